The van der Waals surface area contributed by atoms with Crippen molar-refractivity contribution in [1.29, 1.82) is 0 Å². The van der Waals surface area contributed by atoms with Crippen LogP contribution in [0.15, 0.2) is 65.5 Å². The summed E-state index contributed by atoms with van der Waals surface area (Å²) in [6.07, 6.45) is 0. The van der Waals surface area contributed by atoms with Crippen molar-refractivity contribution in [3.8, 4) is 11.4 Å². The highest BCUT2D eigenvalue weighted by Crippen LogP contribution is 2.17. The van der Waals surface area contributed by atoms with Gasteiger partial charge in [-0.15, -0.1) is 5.10 Å². The van der Waals surface area contributed by atoms with Crippen LogP contribution in [0.4, 0.5) is 4.39 Å². The summed E-state index contributed by atoms with van der Waals surface area (Å²) in [7, 11) is 0. The number of benzene rings is 2. The molecule has 0 saturated carbocycles. The van der Waals surface area contributed by atoms with Gasteiger partial charge in [0.1, 0.15) is 11.3 Å². The summed E-state index contributed by atoms with van der Waals surface area (Å²) in [6.45, 7) is 2.10. The summed E-state index contributed by atoms with van der Waals surface area (Å²) in [5.74, 6) is 0.279. The Bertz CT molecular complexity index is 1100. The first-order chi connectivity index (χ1) is 12.1. The number of fused-ring (bicyclic) bond motifs is 1. The largest absolute Gasteiger partial charge is 0.293 e. The van der Waals surface area contributed by atoms with Gasteiger partial charge in [-0.2, -0.15) is 5.10 Å². The highest BCUT2D eigenvalue weighted by Gasteiger charge is 2.14. The van der Waals surface area contributed by atoms with Crippen LogP contribution < -0.4 is 5.56 Å². The monoisotopic (exact) mass is 334 g/mol. The standard InChI is InChI=1S/C19H15FN4O/c1-13-11-17-19(25)23(12-14-7-9-16(20)10-8-14)22-18(24(17)21-13)15-5-3-2-4-6-15/h2-11H,12H2,1H3. The maximum absolute atomic E-state index is 13.1. The van der Waals surface area contributed by atoms with Crippen LogP contribution in [0.5, 0.6) is 0 Å². The van der Waals surface area contributed by atoms with Crippen molar-refractivity contribution in [2.24, 2.45) is 0 Å². The lowest BCUT2D eigenvalue weighted by atomic mass is 10.2. The molecule has 0 aliphatic rings. The number of halogens is 1. The molecule has 0 aliphatic heterocycles. The second-order valence-electron chi connectivity index (χ2n) is 5.86. The second-order valence-corrected chi connectivity index (χ2v) is 5.86. The van der Waals surface area contributed by atoms with Crippen LogP contribution in [-0.2, 0) is 6.54 Å². The summed E-state index contributed by atoms with van der Waals surface area (Å²) >= 11 is 0. The third-order valence-corrected chi connectivity index (χ3v) is 3.98. The number of rotatable bonds is 3. The first kappa shape index (κ1) is 15.3. The van der Waals surface area contributed by atoms with E-state index < -0.39 is 0 Å². The molecule has 0 N–H and O–H groups in total. The van der Waals surface area contributed by atoms with Gasteiger partial charge < -0.3 is 0 Å². The van der Waals surface area contributed by atoms with Crippen molar-refractivity contribution < 1.29 is 4.39 Å². The zero-order valence-corrected chi connectivity index (χ0v) is 13.6. The van der Waals surface area contributed by atoms with Crippen molar-refractivity contribution in [3.63, 3.8) is 0 Å². The van der Waals surface area contributed by atoms with Crippen molar-refractivity contribution in [2.45, 2.75) is 13.5 Å². The summed E-state index contributed by atoms with van der Waals surface area (Å²) in [6, 6.07) is 17.4. The Morgan fingerprint density at radius 2 is 1.72 bits per heavy atom. The lowest BCUT2D eigenvalue weighted by molar-refractivity contribution is 0.614. The Kier molecular flexibility index (Phi) is 3.65. The molecular formula is C19H15FN4O. The Hall–Kier alpha value is -3.28. The Morgan fingerprint density at radius 3 is 2.44 bits per heavy atom. The second kappa shape index (κ2) is 5.98. The van der Waals surface area contributed by atoms with E-state index in [1.807, 2.05) is 37.3 Å². The van der Waals surface area contributed by atoms with E-state index in [2.05, 4.69) is 10.2 Å². The van der Waals surface area contributed by atoms with Crippen LogP contribution >= 0.6 is 0 Å². The molecule has 6 heteroatoms. The van der Waals surface area contributed by atoms with Crippen LogP contribution in [0.1, 0.15) is 11.3 Å². The molecular weight excluding hydrogens is 319 g/mol. The molecule has 0 spiro atoms. The Labute approximate surface area is 143 Å². The Balaban J connectivity index is 1.91. The van der Waals surface area contributed by atoms with Crippen molar-refractivity contribution in [1.82, 2.24) is 19.4 Å². The third-order valence-electron chi connectivity index (χ3n) is 3.98. The fourth-order valence-electron chi connectivity index (χ4n) is 2.78. The van der Waals surface area contributed by atoms with Crippen LogP contribution in [0, 0.1) is 12.7 Å². The minimum Gasteiger partial charge on any atom is -0.265 e. The molecule has 4 aromatic rings. The van der Waals surface area contributed by atoms with Crippen LogP contribution in [0.2, 0.25) is 0 Å². The van der Waals surface area contributed by atoms with Gasteiger partial charge in [-0.1, -0.05) is 42.5 Å². The van der Waals surface area contributed by atoms with Crippen molar-refractivity contribution >= 4 is 5.52 Å². The number of nitrogens with zero attached hydrogens (tertiary/aromatic N) is 4. The smallest absolute Gasteiger partial charge is 0.265 e. The van der Waals surface area contributed by atoms with Crippen LogP contribution in [-0.4, -0.2) is 19.4 Å². The van der Waals surface area contributed by atoms with Gasteiger partial charge in [-0.05, 0) is 30.7 Å². The fourth-order valence-corrected chi connectivity index (χ4v) is 2.78. The number of hydrogen-bond acceptors (Lipinski definition) is 3. The molecule has 0 aliphatic carbocycles. The molecule has 0 fully saturated rings. The van der Waals surface area contributed by atoms with Gasteiger partial charge in [0.2, 0.25) is 0 Å². The van der Waals surface area contributed by atoms with E-state index in [4.69, 9.17) is 0 Å². The maximum Gasteiger partial charge on any atom is 0.293 e. The maximum atomic E-state index is 13.1. The molecule has 2 heterocycles. The summed E-state index contributed by atoms with van der Waals surface area (Å²) in [5.41, 5.74) is 2.65. The predicted octanol–water partition coefficient (Wildman–Crippen LogP) is 3.05. The quantitative estimate of drug-likeness (QED) is 0.579. The predicted molar refractivity (Wildman–Crippen MR) is 92.9 cm³/mol. The van der Waals surface area contributed by atoms with E-state index in [0.717, 1.165) is 16.8 Å². The minimum absolute atomic E-state index is 0.232. The van der Waals surface area contributed by atoms with Gasteiger partial charge in [0.15, 0.2) is 5.82 Å². The lowest BCUT2D eigenvalue weighted by Gasteiger charge is -2.10. The molecule has 124 valence electrons. The first-order valence-corrected chi connectivity index (χ1v) is 7.89. The number of aryl methyl sites for hydroxylation is 1. The van der Waals surface area contributed by atoms with Gasteiger partial charge in [0, 0.05) is 5.56 Å². The van der Waals surface area contributed by atoms with Crippen LogP contribution in [0.3, 0.4) is 0 Å². The zero-order chi connectivity index (χ0) is 17.4. The van der Waals surface area contributed by atoms with Gasteiger partial charge >= 0.3 is 0 Å². The topological polar surface area (TPSA) is 52.2 Å². The molecule has 0 amide bonds. The third kappa shape index (κ3) is 2.82. The van der Waals surface area contributed by atoms with E-state index in [1.165, 1.54) is 16.8 Å². The Morgan fingerprint density at radius 1 is 1.00 bits per heavy atom. The van der Waals surface area contributed by atoms with Crippen molar-refractivity contribution in [3.05, 3.63) is 88.1 Å². The highest BCUT2D eigenvalue weighted by atomic mass is 19.1. The molecule has 25 heavy (non-hydrogen) atoms. The molecule has 0 radical (unpaired) electrons. The summed E-state index contributed by atoms with van der Waals surface area (Å²) in [5, 5.41) is 8.91. The molecule has 0 bridgehead atoms. The average Bonchev–Trinajstić information content (AvgIpc) is 3.02. The number of aromatic nitrogens is 4. The van der Waals surface area contributed by atoms with E-state index in [1.54, 1.807) is 22.7 Å². The minimum atomic E-state index is -0.309. The van der Waals surface area contributed by atoms with Gasteiger partial charge in [0.05, 0.1) is 12.2 Å². The normalized spacial score (nSPS) is 11.1. The molecule has 4 rings (SSSR count). The van der Waals surface area contributed by atoms with E-state index in [0.29, 0.717) is 11.3 Å². The molecule has 0 unspecified atom stereocenters. The summed E-state index contributed by atoms with van der Waals surface area (Å²) in [4.78, 5) is 12.8. The lowest BCUT2D eigenvalue weighted by Crippen LogP contribution is -2.26. The van der Waals surface area contributed by atoms with Crippen LogP contribution in [0.25, 0.3) is 16.9 Å². The van der Waals surface area contributed by atoms with E-state index in [9.17, 15) is 9.18 Å². The van der Waals surface area contributed by atoms with Gasteiger partial charge in [0.25, 0.3) is 5.56 Å². The van der Waals surface area contributed by atoms with E-state index in [-0.39, 0.29) is 17.9 Å². The molecule has 2 aromatic heterocycles. The summed E-state index contributed by atoms with van der Waals surface area (Å²) < 4.78 is 16.1. The average molecular weight is 334 g/mol. The SMILES string of the molecule is Cc1cc2c(=O)n(Cc3ccc(F)cc3)nc(-c3ccccc3)n2n1. The first-order valence-electron chi connectivity index (χ1n) is 7.89. The highest BCUT2D eigenvalue weighted by molar-refractivity contribution is 5.59. The fraction of sp³-hybridized carbons (Fsp3) is 0.105. The molecule has 2 aromatic carbocycles. The van der Waals surface area contributed by atoms with E-state index >= 15 is 0 Å². The molecule has 0 atom stereocenters. The van der Waals surface area contributed by atoms with Crippen molar-refractivity contribution in [2.75, 3.05) is 0 Å². The molecule has 5 nitrogen and oxygen atoms in total. The molecule has 0 saturated heterocycles. The van der Waals surface area contributed by atoms with Gasteiger partial charge in [-0.25, -0.2) is 13.6 Å². The number of hydrogen-bond donors (Lipinski definition) is 0. The zero-order valence-electron chi connectivity index (χ0n) is 13.6. The van der Waals surface area contributed by atoms with Gasteiger partial charge in [-0.3, -0.25) is 4.79 Å².